The van der Waals surface area contributed by atoms with E-state index < -0.39 is 0 Å². The van der Waals surface area contributed by atoms with Gasteiger partial charge in [-0.15, -0.1) is 0 Å². The molecule has 118 valence electrons. The SMILES string of the molecule is CCCNCc1ccc(F)c(CN2CC(C)SC(C)C2)c1. The summed E-state index contributed by atoms with van der Waals surface area (Å²) >= 11 is 2.03. The van der Waals surface area contributed by atoms with Crippen molar-refractivity contribution < 1.29 is 4.39 Å². The molecule has 1 aliphatic heterocycles. The van der Waals surface area contributed by atoms with Crippen LogP contribution in [0.2, 0.25) is 0 Å². The topological polar surface area (TPSA) is 15.3 Å². The van der Waals surface area contributed by atoms with Gasteiger partial charge in [-0.25, -0.2) is 4.39 Å². The summed E-state index contributed by atoms with van der Waals surface area (Å²) in [6, 6.07) is 5.53. The van der Waals surface area contributed by atoms with E-state index >= 15 is 0 Å². The molecule has 1 saturated heterocycles. The highest BCUT2D eigenvalue weighted by Crippen LogP contribution is 2.26. The molecule has 1 fully saturated rings. The lowest BCUT2D eigenvalue weighted by Crippen LogP contribution is -2.39. The van der Waals surface area contributed by atoms with E-state index in [1.54, 1.807) is 6.07 Å². The maximum atomic E-state index is 14.1. The molecule has 0 radical (unpaired) electrons. The molecule has 1 heterocycles. The molecule has 21 heavy (non-hydrogen) atoms. The smallest absolute Gasteiger partial charge is 0.127 e. The molecule has 0 bridgehead atoms. The monoisotopic (exact) mass is 310 g/mol. The maximum absolute atomic E-state index is 14.1. The van der Waals surface area contributed by atoms with Crippen molar-refractivity contribution in [2.75, 3.05) is 19.6 Å². The minimum absolute atomic E-state index is 0.0761. The van der Waals surface area contributed by atoms with Crippen LogP contribution >= 0.6 is 11.8 Å². The third kappa shape index (κ3) is 5.28. The lowest BCUT2D eigenvalue weighted by molar-refractivity contribution is 0.259. The predicted molar refractivity (Wildman–Crippen MR) is 90.2 cm³/mol. The minimum Gasteiger partial charge on any atom is -0.313 e. The second kappa shape index (κ2) is 8.16. The Morgan fingerprint density at radius 1 is 1.29 bits per heavy atom. The van der Waals surface area contributed by atoms with Gasteiger partial charge in [-0.2, -0.15) is 11.8 Å². The van der Waals surface area contributed by atoms with Gasteiger partial charge in [0.05, 0.1) is 0 Å². The number of hydrogen-bond acceptors (Lipinski definition) is 3. The third-order valence-electron chi connectivity index (χ3n) is 3.76. The number of hydrogen-bond donors (Lipinski definition) is 1. The van der Waals surface area contributed by atoms with Crippen molar-refractivity contribution >= 4 is 11.8 Å². The Balaban J connectivity index is 1.99. The average molecular weight is 310 g/mol. The first-order valence-corrected chi connectivity index (χ1v) is 8.88. The van der Waals surface area contributed by atoms with Crippen LogP contribution in [0.25, 0.3) is 0 Å². The van der Waals surface area contributed by atoms with E-state index in [4.69, 9.17) is 0 Å². The highest BCUT2D eigenvalue weighted by Gasteiger charge is 2.22. The van der Waals surface area contributed by atoms with E-state index in [1.807, 2.05) is 23.9 Å². The number of nitrogens with zero attached hydrogens (tertiary/aromatic N) is 1. The molecule has 2 atom stereocenters. The standard InChI is InChI=1S/C17H27FN2S/c1-4-7-19-9-15-5-6-17(18)16(8-15)12-20-10-13(2)21-14(3)11-20/h5-6,8,13-14,19H,4,7,9-12H2,1-3H3. The molecule has 0 spiro atoms. The molecule has 0 aromatic heterocycles. The van der Waals surface area contributed by atoms with E-state index in [-0.39, 0.29) is 5.82 Å². The van der Waals surface area contributed by atoms with E-state index in [0.717, 1.165) is 44.7 Å². The Labute approximate surface area is 132 Å². The zero-order valence-electron chi connectivity index (χ0n) is 13.4. The van der Waals surface area contributed by atoms with Crippen LogP contribution < -0.4 is 5.32 Å². The van der Waals surface area contributed by atoms with Gasteiger partial charge in [-0.3, -0.25) is 4.90 Å². The fraction of sp³-hybridized carbons (Fsp3) is 0.647. The van der Waals surface area contributed by atoms with Crippen LogP contribution in [0, 0.1) is 5.82 Å². The molecule has 0 saturated carbocycles. The third-order valence-corrected chi connectivity index (χ3v) is 4.98. The Kier molecular flexibility index (Phi) is 6.52. The van der Waals surface area contributed by atoms with Gasteiger partial charge < -0.3 is 5.32 Å². The molecular weight excluding hydrogens is 283 g/mol. The van der Waals surface area contributed by atoms with Gasteiger partial charge >= 0.3 is 0 Å². The number of rotatable bonds is 6. The molecule has 1 N–H and O–H groups in total. The average Bonchev–Trinajstić information content (AvgIpc) is 2.41. The van der Waals surface area contributed by atoms with Crippen molar-refractivity contribution in [2.24, 2.45) is 0 Å². The van der Waals surface area contributed by atoms with Crippen molar-refractivity contribution in [3.8, 4) is 0 Å². The molecule has 2 unspecified atom stereocenters. The fourth-order valence-corrected chi connectivity index (χ4v) is 4.31. The van der Waals surface area contributed by atoms with Crippen LogP contribution in [0.3, 0.4) is 0 Å². The number of halogens is 1. The van der Waals surface area contributed by atoms with E-state index in [9.17, 15) is 4.39 Å². The first-order valence-electron chi connectivity index (χ1n) is 7.94. The molecule has 4 heteroatoms. The van der Waals surface area contributed by atoms with Crippen LogP contribution in [-0.2, 0) is 13.1 Å². The number of benzene rings is 1. The quantitative estimate of drug-likeness (QED) is 0.807. The first-order chi connectivity index (χ1) is 10.1. The van der Waals surface area contributed by atoms with Crippen LogP contribution in [0.15, 0.2) is 18.2 Å². The van der Waals surface area contributed by atoms with Gasteiger partial charge in [0, 0.05) is 42.2 Å². The van der Waals surface area contributed by atoms with Crippen molar-refractivity contribution in [1.82, 2.24) is 10.2 Å². The molecule has 2 nitrogen and oxygen atoms in total. The molecule has 0 aliphatic carbocycles. The van der Waals surface area contributed by atoms with Crippen LogP contribution in [0.5, 0.6) is 0 Å². The maximum Gasteiger partial charge on any atom is 0.127 e. The molecule has 1 aromatic carbocycles. The van der Waals surface area contributed by atoms with E-state index in [2.05, 4.69) is 31.0 Å². The van der Waals surface area contributed by atoms with Gasteiger partial charge in [0.25, 0.3) is 0 Å². The van der Waals surface area contributed by atoms with Gasteiger partial charge in [-0.05, 0) is 24.6 Å². The molecular formula is C17H27FN2S. The number of nitrogens with one attached hydrogen (secondary N) is 1. The van der Waals surface area contributed by atoms with E-state index in [0.29, 0.717) is 10.5 Å². The summed E-state index contributed by atoms with van der Waals surface area (Å²) < 4.78 is 14.1. The Morgan fingerprint density at radius 2 is 2.00 bits per heavy atom. The molecule has 1 aromatic rings. The summed E-state index contributed by atoms with van der Waals surface area (Å²) in [6.45, 7) is 11.3. The first kappa shape index (κ1) is 16.8. The van der Waals surface area contributed by atoms with Gasteiger partial charge in [0.2, 0.25) is 0 Å². The summed E-state index contributed by atoms with van der Waals surface area (Å²) in [5, 5.41) is 4.64. The summed E-state index contributed by atoms with van der Waals surface area (Å²) in [5.41, 5.74) is 2.00. The zero-order chi connectivity index (χ0) is 15.2. The van der Waals surface area contributed by atoms with Gasteiger partial charge in [0.15, 0.2) is 0 Å². The Morgan fingerprint density at radius 3 is 2.67 bits per heavy atom. The Bertz CT molecular complexity index is 442. The van der Waals surface area contributed by atoms with Crippen molar-refractivity contribution in [3.63, 3.8) is 0 Å². The van der Waals surface area contributed by atoms with Gasteiger partial charge in [-0.1, -0.05) is 32.9 Å². The Hall–Kier alpha value is -0.580. The van der Waals surface area contributed by atoms with E-state index in [1.165, 1.54) is 5.56 Å². The largest absolute Gasteiger partial charge is 0.313 e. The van der Waals surface area contributed by atoms with Crippen LogP contribution in [0.1, 0.15) is 38.3 Å². The highest BCUT2D eigenvalue weighted by atomic mass is 32.2. The summed E-state index contributed by atoms with van der Waals surface area (Å²) in [4.78, 5) is 2.38. The molecule has 0 amide bonds. The lowest BCUT2D eigenvalue weighted by Gasteiger charge is -2.34. The molecule has 1 aliphatic rings. The molecule has 2 rings (SSSR count). The van der Waals surface area contributed by atoms with Crippen molar-refractivity contribution in [3.05, 3.63) is 35.1 Å². The normalized spacial score (nSPS) is 23.4. The number of thioether (sulfide) groups is 1. The summed E-state index contributed by atoms with van der Waals surface area (Å²) in [7, 11) is 0. The minimum atomic E-state index is -0.0761. The second-order valence-electron chi connectivity index (χ2n) is 6.05. The summed E-state index contributed by atoms with van der Waals surface area (Å²) in [6.07, 6.45) is 1.12. The van der Waals surface area contributed by atoms with Crippen molar-refractivity contribution in [2.45, 2.75) is 50.8 Å². The lowest BCUT2D eigenvalue weighted by atomic mass is 10.1. The zero-order valence-corrected chi connectivity index (χ0v) is 14.2. The second-order valence-corrected chi connectivity index (χ2v) is 7.94. The summed E-state index contributed by atoms with van der Waals surface area (Å²) in [5.74, 6) is -0.0761. The highest BCUT2D eigenvalue weighted by molar-refractivity contribution is 8.00. The van der Waals surface area contributed by atoms with Crippen molar-refractivity contribution in [1.29, 1.82) is 0 Å². The van der Waals surface area contributed by atoms with Gasteiger partial charge in [0.1, 0.15) is 5.82 Å². The predicted octanol–water partition coefficient (Wildman–Crippen LogP) is 3.65. The van der Waals surface area contributed by atoms with Crippen LogP contribution in [0.4, 0.5) is 4.39 Å². The van der Waals surface area contributed by atoms with Crippen LogP contribution in [-0.4, -0.2) is 35.0 Å². The fourth-order valence-electron chi connectivity index (χ4n) is 2.92.